The molecule has 188 valence electrons. The van der Waals surface area contributed by atoms with Gasteiger partial charge in [-0.25, -0.2) is 9.97 Å². The first-order chi connectivity index (χ1) is 17.4. The summed E-state index contributed by atoms with van der Waals surface area (Å²) in [6.45, 7) is 0.706. The summed E-state index contributed by atoms with van der Waals surface area (Å²) in [5.74, 6) is 0.738. The van der Waals surface area contributed by atoms with Gasteiger partial charge >= 0.3 is 0 Å². The molecule has 1 saturated carbocycles. The lowest BCUT2D eigenvalue weighted by Crippen LogP contribution is -2.42. The number of nitrogens with one attached hydrogen (secondary N) is 2. The van der Waals surface area contributed by atoms with Crippen LogP contribution in [0.5, 0.6) is 0 Å². The molecule has 5 rings (SSSR count). The minimum absolute atomic E-state index is 0.0413. The van der Waals surface area contributed by atoms with Gasteiger partial charge in [0.25, 0.3) is 5.91 Å². The van der Waals surface area contributed by atoms with E-state index in [0.29, 0.717) is 40.8 Å². The second-order valence-corrected chi connectivity index (χ2v) is 9.23. The summed E-state index contributed by atoms with van der Waals surface area (Å²) in [6, 6.07) is 5.68. The van der Waals surface area contributed by atoms with E-state index in [-0.39, 0.29) is 24.5 Å². The molecule has 0 bridgehead atoms. The Kier molecular flexibility index (Phi) is 6.31. The Morgan fingerprint density at radius 1 is 1.25 bits per heavy atom. The highest BCUT2D eigenvalue weighted by molar-refractivity contribution is 6.01. The van der Waals surface area contributed by atoms with E-state index in [1.54, 1.807) is 43.9 Å². The van der Waals surface area contributed by atoms with Crippen LogP contribution >= 0.6 is 0 Å². The fraction of sp³-hybridized carbons (Fsp3) is 0.400. The number of anilines is 1. The molecule has 0 radical (unpaired) electrons. The Hall–Kier alpha value is -3.99. The van der Waals surface area contributed by atoms with Crippen LogP contribution in [0.25, 0.3) is 27.9 Å². The minimum Gasteiger partial charge on any atom is -0.381 e. The Morgan fingerprint density at radius 3 is 2.78 bits per heavy atom. The first kappa shape index (κ1) is 23.7. The number of rotatable bonds is 8. The van der Waals surface area contributed by atoms with Gasteiger partial charge in [-0.05, 0) is 25.0 Å². The van der Waals surface area contributed by atoms with Crippen LogP contribution in [-0.2, 0) is 16.1 Å². The standard InChI is InChI=1S/C25H30N8O3/c1-26-21-10-19(18-13-32(14-22(34)31(2)3)23-16(18)6-5-9-27-23)30-24-17(12-29-33(21)24)25(35)28-11-15-7-8-20(15)36-4/h5-6,9-10,12-13,15,20,26H,7-8,11,14H2,1-4H3,(H,28,35)/t15-,20+/m1/s1. The number of hydrogen-bond acceptors (Lipinski definition) is 7. The molecular weight excluding hydrogens is 460 g/mol. The summed E-state index contributed by atoms with van der Waals surface area (Å²) in [4.78, 5) is 36.4. The van der Waals surface area contributed by atoms with E-state index in [1.165, 1.54) is 6.20 Å². The molecule has 0 aromatic carbocycles. The normalized spacial score (nSPS) is 17.2. The molecule has 2 atom stereocenters. The van der Waals surface area contributed by atoms with Crippen LogP contribution in [0.2, 0.25) is 0 Å². The summed E-state index contributed by atoms with van der Waals surface area (Å²) in [5, 5.41) is 11.4. The van der Waals surface area contributed by atoms with Crippen LogP contribution in [0.4, 0.5) is 5.82 Å². The Morgan fingerprint density at radius 2 is 2.08 bits per heavy atom. The highest BCUT2D eigenvalue weighted by Gasteiger charge is 2.31. The molecule has 0 aliphatic heterocycles. The van der Waals surface area contributed by atoms with E-state index >= 15 is 0 Å². The van der Waals surface area contributed by atoms with Gasteiger partial charge in [0.1, 0.15) is 23.6 Å². The monoisotopic (exact) mass is 490 g/mol. The van der Waals surface area contributed by atoms with Gasteiger partial charge < -0.3 is 24.8 Å². The molecule has 11 nitrogen and oxygen atoms in total. The van der Waals surface area contributed by atoms with Crippen molar-refractivity contribution in [3.63, 3.8) is 0 Å². The van der Waals surface area contributed by atoms with E-state index in [4.69, 9.17) is 9.72 Å². The molecule has 36 heavy (non-hydrogen) atoms. The molecule has 4 aromatic rings. The highest BCUT2D eigenvalue weighted by atomic mass is 16.5. The fourth-order valence-corrected chi connectivity index (χ4v) is 4.57. The molecule has 4 heterocycles. The molecule has 2 amide bonds. The summed E-state index contributed by atoms with van der Waals surface area (Å²) < 4.78 is 8.89. The average Bonchev–Trinajstić information content (AvgIpc) is 3.45. The van der Waals surface area contributed by atoms with Crippen molar-refractivity contribution in [2.75, 3.05) is 40.1 Å². The number of methoxy groups -OCH3 is 1. The Labute approximate surface area is 208 Å². The molecule has 2 N–H and O–H groups in total. The topological polar surface area (TPSA) is 119 Å². The van der Waals surface area contributed by atoms with Gasteiger partial charge in [-0.1, -0.05) is 0 Å². The summed E-state index contributed by atoms with van der Waals surface area (Å²) >= 11 is 0. The van der Waals surface area contributed by atoms with Crippen LogP contribution in [0.1, 0.15) is 23.2 Å². The number of carbonyl (C=O) groups is 2. The summed E-state index contributed by atoms with van der Waals surface area (Å²) in [5.41, 5.74) is 2.99. The third-order valence-electron chi connectivity index (χ3n) is 6.86. The van der Waals surface area contributed by atoms with Gasteiger partial charge in [0, 0.05) is 70.1 Å². The van der Waals surface area contributed by atoms with Crippen molar-refractivity contribution in [2.24, 2.45) is 5.92 Å². The predicted octanol–water partition coefficient (Wildman–Crippen LogP) is 2.03. The van der Waals surface area contributed by atoms with Gasteiger partial charge in [0.15, 0.2) is 5.65 Å². The zero-order valence-electron chi connectivity index (χ0n) is 20.9. The molecule has 1 fully saturated rings. The minimum atomic E-state index is -0.223. The van der Waals surface area contributed by atoms with Gasteiger partial charge in [0.2, 0.25) is 5.91 Å². The maximum Gasteiger partial charge on any atom is 0.256 e. The lowest BCUT2D eigenvalue weighted by molar-refractivity contribution is -0.129. The number of aromatic nitrogens is 5. The third kappa shape index (κ3) is 4.15. The number of nitrogens with zero attached hydrogens (tertiary/aromatic N) is 6. The van der Waals surface area contributed by atoms with E-state index in [9.17, 15) is 9.59 Å². The van der Waals surface area contributed by atoms with Crippen molar-refractivity contribution < 1.29 is 14.3 Å². The van der Waals surface area contributed by atoms with Crippen LogP contribution in [0.3, 0.4) is 0 Å². The van der Waals surface area contributed by atoms with Crippen LogP contribution in [0, 0.1) is 5.92 Å². The maximum absolute atomic E-state index is 13.1. The maximum atomic E-state index is 13.1. The quantitative estimate of drug-likeness (QED) is 0.388. The smallest absolute Gasteiger partial charge is 0.256 e. The van der Waals surface area contributed by atoms with Crippen molar-refractivity contribution in [1.29, 1.82) is 0 Å². The SMILES string of the molecule is CNc1cc(-c2cn(CC(=O)N(C)C)c3ncccc23)nc2c(C(=O)NC[C@H]3CC[C@@H]3OC)cnn12. The molecular formula is C25H30N8O3. The largest absolute Gasteiger partial charge is 0.381 e. The Bertz CT molecular complexity index is 1440. The van der Waals surface area contributed by atoms with Crippen LogP contribution < -0.4 is 10.6 Å². The van der Waals surface area contributed by atoms with Crippen molar-refractivity contribution in [2.45, 2.75) is 25.5 Å². The van der Waals surface area contributed by atoms with Gasteiger partial charge in [-0.15, -0.1) is 0 Å². The van der Waals surface area contributed by atoms with Crippen molar-refractivity contribution in [3.8, 4) is 11.3 Å². The van der Waals surface area contributed by atoms with Crippen molar-refractivity contribution >= 4 is 34.3 Å². The molecule has 11 heteroatoms. The van der Waals surface area contributed by atoms with E-state index in [0.717, 1.165) is 23.8 Å². The number of hydrogen-bond donors (Lipinski definition) is 2. The van der Waals surface area contributed by atoms with Crippen LogP contribution in [-0.4, -0.2) is 81.8 Å². The van der Waals surface area contributed by atoms with E-state index in [1.807, 2.05) is 29.0 Å². The fourth-order valence-electron chi connectivity index (χ4n) is 4.57. The summed E-state index contributed by atoms with van der Waals surface area (Å²) in [6.07, 6.45) is 7.38. The number of fused-ring (bicyclic) bond motifs is 2. The van der Waals surface area contributed by atoms with Crippen molar-refractivity contribution in [1.82, 2.24) is 34.4 Å². The number of pyridine rings is 1. The van der Waals surface area contributed by atoms with Gasteiger partial charge in [-0.3, -0.25) is 9.59 Å². The van der Waals surface area contributed by atoms with E-state index in [2.05, 4.69) is 20.7 Å². The van der Waals surface area contributed by atoms with Gasteiger partial charge in [-0.2, -0.15) is 9.61 Å². The average molecular weight is 491 g/mol. The molecule has 4 aromatic heterocycles. The molecule has 1 aliphatic carbocycles. The van der Waals surface area contributed by atoms with E-state index < -0.39 is 0 Å². The lowest BCUT2D eigenvalue weighted by Gasteiger charge is -2.35. The zero-order chi connectivity index (χ0) is 25.4. The number of likely N-dealkylation sites (N-methyl/N-ethyl adjacent to an activating group) is 1. The first-order valence-corrected chi connectivity index (χ1v) is 11.9. The summed E-state index contributed by atoms with van der Waals surface area (Å²) in [7, 11) is 6.95. The van der Waals surface area contributed by atoms with Crippen molar-refractivity contribution in [3.05, 3.63) is 42.4 Å². The number of amides is 2. The highest BCUT2D eigenvalue weighted by Crippen LogP contribution is 2.32. The molecule has 0 saturated heterocycles. The van der Waals surface area contributed by atoms with Gasteiger partial charge in [0.05, 0.1) is 18.0 Å². The number of carbonyl (C=O) groups excluding carboxylic acids is 2. The van der Waals surface area contributed by atoms with Crippen LogP contribution in [0.15, 0.2) is 36.8 Å². The predicted molar refractivity (Wildman–Crippen MR) is 136 cm³/mol. The lowest BCUT2D eigenvalue weighted by atomic mass is 9.82. The third-order valence-corrected chi connectivity index (χ3v) is 6.86. The number of ether oxygens (including phenoxy) is 1. The molecule has 0 unspecified atom stereocenters. The first-order valence-electron chi connectivity index (χ1n) is 11.9. The molecule has 1 aliphatic rings. The zero-order valence-corrected chi connectivity index (χ0v) is 20.9. The Balaban J connectivity index is 1.53. The second-order valence-electron chi connectivity index (χ2n) is 9.23. The molecule has 0 spiro atoms. The second kappa shape index (κ2) is 9.57.